The number of anilines is 1. The molecule has 9 heteroatoms. The van der Waals surface area contributed by atoms with Crippen LogP contribution in [0.4, 0.5) is 9.52 Å². The lowest BCUT2D eigenvalue weighted by atomic mass is 10.2. The second kappa shape index (κ2) is 8.46. The Morgan fingerprint density at radius 1 is 1.24 bits per heavy atom. The number of carbonyl (C=O) groups excluding carboxylic acids is 1. The molecule has 29 heavy (non-hydrogen) atoms. The Morgan fingerprint density at radius 3 is 2.62 bits per heavy atom. The van der Waals surface area contributed by atoms with E-state index in [0.717, 1.165) is 60.5 Å². The normalized spacial score (nSPS) is 16.3. The highest BCUT2D eigenvalue weighted by molar-refractivity contribution is 7.20. The number of benzene rings is 1. The van der Waals surface area contributed by atoms with Gasteiger partial charge < -0.3 is 10.2 Å². The lowest BCUT2D eigenvalue weighted by molar-refractivity contribution is -0.126. The summed E-state index contributed by atoms with van der Waals surface area (Å²) in [5.74, 6) is -0.159. The molecule has 1 atom stereocenters. The van der Waals surface area contributed by atoms with E-state index in [1.165, 1.54) is 12.1 Å². The summed E-state index contributed by atoms with van der Waals surface area (Å²) in [6, 6.07) is 6.20. The van der Waals surface area contributed by atoms with Crippen LogP contribution in [0, 0.1) is 5.82 Å². The van der Waals surface area contributed by atoms with Crippen molar-refractivity contribution in [3.05, 3.63) is 36.3 Å². The number of rotatable bonds is 6. The lowest BCUT2D eigenvalue weighted by Gasteiger charge is -2.37. The van der Waals surface area contributed by atoms with Crippen LogP contribution in [0.1, 0.15) is 20.3 Å². The molecule has 2 aromatic heterocycles. The third-order valence-electron chi connectivity index (χ3n) is 5.23. The first-order valence-electron chi connectivity index (χ1n) is 9.94. The summed E-state index contributed by atoms with van der Waals surface area (Å²) in [4.78, 5) is 22.1. The molecule has 1 saturated heterocycles. The maximum absolute atomic E-state index is 13.1. The number of nitrogens with zero attached hydrogens (tertiary/aromatic N) is 5. The monoisotopic (exact) mass is 416 g/mol. The van der Waals surface area contributed by atoms with Crippen LogP contribution < -0.4 is 10.2 Å². The SMILES string of the molecule is CCCNC(=O)C(C)N1CCN(c2nn3cc(-c4ccc(F)cc4)nc3s2)CC1. The van der Waals surface area contributed by atoms with E-state index >= 15 is 0 Å². The van der Waals surface area contributed by atoms with Gasteiger partial charge in [0.1, 0.15) is 5.82 Å². The van der Waals surface area contributed by atoms with Gasteiger partial charge >= 0.3 is 0 Å². The van der Waals surface area contributed by atoms with E-state index in [0.29, 0.717) is 0 Å². The second-order valence-corrected chi connectivity index (χ2v) is 8.17. The molecule has 0 aliphatic carbocycles. The zero-order valence-corrected chi connectivity index (χ0v) is 17.5. The zero-order valence-electron chi connectivity index (χ0n) is 16.6. The van der Waals surface area contributed by atoms with Gasteiger partial charge in [-0.3, -0.25) is 9.69 Å². The Kier molecular flexibility index (Phi) is 5.77. The van der Waals surface area contributed by atoms with E-state index in [1.54, 1.807) is 28.0 Å². The molecular weight excluding hydrogens is 391 g/mol. The quantitative estimate of drug-likeness (QED) is 0.669. The Balaban J connectivity index is 1.39. The number of aromatic nitrogens is 3. The number of imidazole rings is 1. The molecule has 1 unspecified atom stereocenters. The van der Waals surface area contributed by atoms with Crippen molar-refractivity contribution in [1.29, 1.82) is 0 Å². The van der Waals surface area contributed by atoms with Crippen molar-refractivity contribution < 1.29 is 9.18 Å². The van der Waals surface area contributed by atoms with Gasteiger partial charge in [-0.15, -0.1) is 5.10 Å². The molecule has 7 nitrogen and oxygen atoms in total. The first kappa shape index (κ1) is 19.8. The minimum absolute atomic E-state index is 0.0985. The van der Waals surface area contributed by atoms with E-state index in [9.17, 15) is 9.18 Å². The standard InChI is InChI=1S/C20H25FN6OS/c1-3-8-22-18(28)14(2)25-9-11-26(12-10-25)20-24-27-13-17(23-19(27)29-20)15-4-6-16(21)7-5-15/h4-7,13-14H,3,8-12H2,1-2H3,(H,22,28). The summed E-state index contributed by atoms with van der Waals surface area (Å²) < 4.78 is 14.9. The third kappa shape index (κ3) is 4.25. The molecule has 4 rings (SSSR count). The Labute approximate surface area is 173 Å². The molecule has 0 radical (unpaired) electrons. The molecule has 154 valence electrons. The van der Waals surface area contributed by atoms with Crippen LogP contribution in [0.5, 0.6) is 0 Å². The van der Waals surface area contributed by atoms with Crippen molar-refractivity contribution in [3.63, 3.8) is 0 Å². The minimum atomic E-state index is -0.258. The van der Waals surface area contributed by atoms with Crippen LogP contribution in [-0.2, 0) is 4.79 Å². The lowest BCUT2D eigenvalue weighted by Crippen LogP contribution is -2.54. The van der Waals surface area contributed by atoms with E-state index in [-0.39, 0.29) is 17.8 Å². The molecule has 1 aliphatic heterocycles. The first-order chi connectivity index (χ1) is 14.0. The molecule has 0 spiro atoms. The minimum Gasteiger partial charge on any atom is -0.355 e. The Morgan fingerprint density at radius 2 is 1.97 bits per heavy atom. The van der Waals surface area contributed by atoms with Crippen molar-refractivity contribution in [3.8, 4) is 11.3 Å². The van der Waals surface area contributed by atoms with Crippen LogP contribution in [0.25, 0.3) is 16.2 Å². The maximum atomic E-state index is 13.1. The molecule has 1 aromatic carbocycles. The van der Waals surface area contributed by atoms with Gasteiger partial charge in [-0.2, -0.15) is 0 Å². The van der Waals surface area contributed by atoms with Crippen molar-refractivity contribution in [2.45, 2.75) is 26.3 Å². The number of carbonyl (C=O) groups is 1. The highest BCUT2D eigenvalue weighted by Gasteiger charge is 2.27. The van der Waals surface area contributed by atoms with Gasteiger partial charge in [-0.05, 0) is 37.6 Å². The number of amides is 1. The highest BCUT2D eigenvalue weighted by Crippen LogP contribution is 2.27. The Bertz CT molecular complexity index is 945. The van der Waals surface area contributed by atoms with Crippen molar-refractivity contribution in [2.75, 3.05) is 37.6 Å². The molecule has 1 N–H and O–H groups in total. The predicted molar refractivity (Wildman–Crippen MR) is 113 cm³/mol. The van der Waals surface area contributed by atoms with Crippen LogP contribution in [0.3, 0.4) is 0 Å². The molecule has 0 saturated carbocycles. The largest absolute Gasteiger partial charge is 0.355 e. The molecule has 3 heterocycles. The first-order valence-corrected chi connectivity index (χ1v) is 10.8. The van der Waals surface area contributed by atoms with Gasteiger partial charge in [0, 0.05) is 38.3 Å². The predicted octanol–water partition coefficient (Wildman–Crippen LogP) is 2.63. The summed E-state index contributed by atoms with van der Waals surface area (Å²) in [6.07, 6.45) is 2.82. The molecule has 3 aromatic rings. The number of piperazine rings is 1. The van der Waals surface area contributed by atoms with Crippen LogP contribution in [0.15, 0.2) is 30.5 Å². The number of hydrogen-bond donors (Lipinski definition) is 1. The van der Waals surface area contributed by atoms with E-state index < -0.39 is 0 Å². The summed E-state index contributed by atoms with van der Waals surface area (Å²) in [5.41, 5.74) is 1.65. The van der Waals surface area contributed by atoms with E-state index in [4.69, 9.17) is 0 Å². The molecule has 0 bridgehead atoms. The maximum Gasteiger partial charge on any atom is 0.237 e. The van der Waals surface area contributed by atoms with Crippen LogP contribution >= 0.6 is 11.3 Å². The van der Waals surface area contributed by atoms with Crippen molar-refractivity contribution in [2.24, 2.45) is 0 Å². The van der Waals surface area contributed by atoms with Crippen molar-refractivity contribution in [1.82, 2.24) is 24.8 Å². The number of nitrogens with one attached hydrogen (secondary N) is 1. The van der Waals surface area contributed by atoms with Gasteiger partial charge in [0.15, 0.2) is 0 Å². The van der Waals surface area contributed by atoms with Gasteiger partial charge in [0.2, 0.25) is 16.0 Å². The molecule has 1 fully saturated rings. The smallest absolute Gasteiger partial charge is 0.237 e. The Hall–Kier alpha value is -2.52. The number of halogens is 1. The second-order valence-electron chi connectivity index (χ2n) is 7.23. The molecular formula is C20H25FN6OS. The van der Waals surface area contributed by atoms with Gasteiger partial charge in [-0.1, -0.05) is 18.3 Å². The topological polar surface area (TPSA) is 65.8 Å². The average molecular weight is 417 g/mol. The highest BCUT2D eigenvalue weighted by atomic mass is 32.1. The van der Waals surface area contributed by atoms with E-state index in [2.05, 4.69) is 32.1 Å². The number of fused-ring (bicyclic) bond motifs is 1. The fourth-order valence-corrected chi connectivity index (χ4v) is 4.37. The van der Waals surface area contributed by atoms with Crippen LogP contribution in [0.2, 0.25) is 0 Å². The van der Waals surface area contributed by atoms with Gasteiger partial charge in [0.25, 0.3) is 0 Å². The summed E-state index contributed by atoms with van der Waals surface area (Å²) in [6.45, 7) is 8.04. The molecule has 1 amide bonds. The zero-order chi connectivity index (χ0) is 20.4. The van der Waals surface area contributed by atoms with Crippen molar-refractivity contribution >= 4 is 27.3 Å². The fourth-order valence-electron chi connectivity index (χ4n) is 3.44. The summed E-state index contributed by atoms with van der Waals surface area (Å²) in [5, 5.41) is 8.58. The average Bonchev–Trinajstić information content (AvgIpc) is 3.31. The van der Waals surface area contributed by atoms with Gasteiger partial charge in [-0.25, -0.2) is 13.9 Å². The number of hydrogen-bond acceptors (Lipinski definition) is 6. The van der Waals surface area contributed by atoms with E-state index in [1.807, 2.05) is 13.1 Å². The summed E-state index contributed by atoms with van der Waals surface area (Å²) in [7, 11) is 0. The third-order valence-corrected chi connectivity index (χ3v) is 6.22. The van der Waals surface area contributed by atoms with Crippen LogP contribution in [-0.4, -0.2) is 64.2 Å². The van der Waals surface area contributed by atoms with Gasteiger partial charge in [0.05, 0.1) is 17.9 Å². The summed E-state index contributed by atoms with van der Waals surface area (Å²) >= 11 is 1.54. The molecule has 1 aliphatic rings. The fraction of sp³-hybridized carbons (Fsp3) is 0.450.